The molecule has 15 heavy (non-hydrogen) atoms. The van der Waals surface area contributed by atoms with Crippen molar-refractivity contribution in [2.75, 3.05) is 0 Å². The number of alkyl halides is 1. The SMILES string of the molecule is CC(Cl)c1noc(-c2ccncc2Cl)n1. The Morgan fingerprint density at radius 3 is 2.87 bits per heavy atom. The highest BCUT2D eigenvalue weighted by atomic mass is 35.5. The maximum atomic E-state index is 5.92. The van der Waals surface area contributed by atoms with Crippen LogP contribution in [0.4, 0.5) is 0 Å². The van der Waals surface area contributed by atoms with Crippen molar-refractivity contribution in [2.24, 2.45) is 0 Å². The molecular weight excluding hydrogens is 237 g/mol. The molecule has 0 saturated carbocycles. The molecular formula is C9H7Cl2N3O. The lowest BCUT2D eigenvalue weighted by Crippen LogP contribution is -1.87. The van der Waals surface area contributed by atoms with E-state index in [1.54, 1.807) is 19.2 Å². The Morgan fingerprint density at radius 2 is 2.27 bits per heavy atom. The second-order valence-corrected chi connectivity index (χ2v) is 3.99. The van der Waals surface area contributed by atoms with Gasteiger partial charge >= 0.3 is 0 Å². The van der Waals surface area contributed by atoms with E-state index in [4.69, 9.17) is 27.7 Å². The fraction of sp³-hybridized carbons (Fsp3) is 0.222. The normalized spacial score (nSPS) is 12.7. The van der Waals surface area contributed by atoms with Crippen molar-refractivity contribution in [2.45, 2.75) is 12.3 Å². The smallest absolute Gasteiger partial charge is 0.259 e. The van der Waals surface area contributed by atoms with Gasteiger partial charge in [0.1, 0.15) is 0 Å². The number of nitrogens with zero attached hydrogens (tertiary/aromatic N) is 3. The Hall–Kier alpha value is -1.13. The zero-order valence-corrected chi connectivity index (χ0v) is 9.33. The third kappa shape index (κ3) is 2.11. The fourth-order valence-electron chi connectivity index (χ4n) is 1.05. The number of aromatic nitrogens is 3. The minimum atomic E-state index is -0.289. The van der Waals surface area contributed by atoms with Crippen LogP contribution in [0.25, 0.3) is 11.5 Å². The Bertz CT molecular complexity index is 470. The van der Waals surface area contributed by atoms with Gasteiger partial charge in [-0.25, -0.2) is 0 Å². The molecule has 2 rings (SSSR count). The molecule has 1 atom stereocenters. The van der Waals surface area contributed by atoms with Crippen LogP contribution in [0.2, 0.25) is 5.02 Å². The predicted molar refractivity (Wildman–Crippen MR) is 56.8 cm³/mol. The Kier molecular flexibility index (Phi) is 2.88. The minimum Gasteiger partial charge on any atom is -0.334 e. The average Bonchev–Trinajstić information content (AvgIpc) is 2.67. The number of hydrogen-bond donors (Lipinski definition) is 0. The van der Waals surface area contributed by atoms with Crippen LogP contribution in [0.15, 0.2) is 23.0 Å². The summed E-state index contributed by atoms with van der Waals surface area (Å²) in [5.74, 6) is 0.796. The van der Waals surface area contributed by atoms with Gasteiger partial charge in [0.15, 0.2) is 5.82 Å². The van der Waals surface area contributed by atoms with Crippen molar-refractivity contribution in [3.05, 3.63) is 29.3 Å². The Morgan fingerprint density at radius 1 is 1.47 bits per heavy atom. The molecule has 2 aromatic rings. The van der Waals surface area contributed by atoms with E-state index < -0.39 is 0 Å². The summed E-state index contributed by atoms with van der Waals surface area (Å²) in [5, 5.41) is 3.91. The van der Waals surface area contributed by atoms with Crippen LogP contribution in [-0.4, -0.2) is 15.1 Å². The molecule has 0 radical (unpaired) electrons. The molecule has 0 bridgehead atoms. The molecule has 78 valence electrons. The summed E-state index contributed by atoms with van der Waals surface area (Å²) in [4.78, 5) is 7.98. The number of hydrogen-bond acceptors (Lipinski definition) is 4. The third-order valence-electron chi connectivity index (χ3n) is 1.80. The maximum Gasteiger partial charge on any atom is 0.259 e. The lowest BCUT2D eigenvalue weighted by molar-refractivity contribution is 0.422. The summed E-state index contributed by atoms with van der Waals surface area (Å²) < 4.78 is 5.04. The molecule has 0 saturated heterocycles. The summed E-state index contributed by atoms with van der Waals surface area (Å²) in [7, 11) is 0. The molecule has 0 aliphatic heterocycles. The third-order valence-corrected chi connectivity index (χ3v) is 2.30. The topological polar surface area (TPSA) is 51.8 Å². The highest BCUT2D eigenvalue weighted by Gasteiger charge is 2.14. The van der Waals surface area contributed by atoms with Crippen LogP contribution in [0.3, 0.4) is 0 Å². The van der Waals surface area contributed by atoms with Crippen LogP contribution in [0, 0.1) is 0 Å². The molecule has 0 fully saturated rings. The number of halogens is 2. The second-order valence-electron chi connectivity index (χ2n) is 2.93. The lowest BCUT2D eigenvalue weighted by atomic mass is 10.3. The molecule has 1 unspecified atom stereocenters. The molecule has 0 aliphatic rings. The van der Waals surface area contributed by atoms with Crippen molar-refractivity contribution in [3.8, 4) is 11.5 Å². The van der Waals surface area contributed by atoms with Gasteiger partial charge < -0.3 is 4.52 Å². The van der Waals surface area contributed by atoms with Crippen molar-refractivity contribution in [1.29, 1.82) is 0 Å². The van der Waals surface area contributed by atoms with Crippen molar-refractivity contribution in [3.63, 3.8) is 0 Å². The van der Waals surface area contributed by atoms with Crippen molar-refractivity contribution < 1.29 is 4.52 Å². The maximum absolute atomic E-state index is 5.92. The molecule has 4 nitrogen and oxygen atoms in total. The zero-order valence-electron chi connectivity index (χ0n) is 7.82. The van der Waals surface area contributed by atoms with Gasteiger partial charge in [0.25, 0.3) is 5.89 Å². The molecule has 0 spiro atoms. The van der Waals surface area contributed by atoms with Gasteiger partial charge in [-0.1, -0.05) is 16.8 Å². The Balaban J connectivity index is 2.42. The summed E-state index contributed by atoms with van der Waals surface area (Å²) >= 11 is 11.7. The molecule has 0 amide bonds. The van der Waals surface area contributed by atoms with Gasteiger partial charge in [0, 0.05) is 12.4 Å². The summed E-state index contributed by atoms with van der Waals surface area (Å²) in [6.45, 7) is 1.77. The first-order valence-corrected chi connectivity index (χ1v) is 5.07. The average molecular weight is 244 g/mol. The summed E-state index contributed by atoms with van der Waals surface area (Å²) in [6, 6.07) is 1.71. The lowest BCUT2D eigenvalue weighted by Gasteiger charge is -1.95. The molecule has 0 aromatic carbocycles. The monoisotopic (exact) mass is 243 g/mol. The first kappa shape index (κ1) is 10.4. The van der Waals surface area contributed by atoms with Crippen LogP contribution in [0.1, 0.15) is 18.1 Å². The van der Waals surface area contributed by atoms with E-state index in [2.05, 4.69) is 15.1 Å². The quantitative estimate of drug-likeness (QED) is 0.761. The minimum absolute atomic E-state index is 0.289. The largest absolute Gasteiger partial charge is 0.334 e. The number of rotatable bonds is 2. The Labute approximate surface area is 96.2 Å². The summed E-state index contributed by atoms with van der Waals surface area (Å²) in [6.07, 6.45) is 3.13. The highest BCUT2D eigenvalue weighted by Crippen LogP contribution is 2.26. The molecule has 0 aliphatic carbocycles. The molecule has 6 heteroatoms. The van der Waals surface area contributed by atoms with Gasteiger partial charge in [0.05, 0.1) is 16.0 Å². The van der Waals surface area contributed by atoms with Gasteiger partial charge in [0.2, 0.25) is 0 Å². The predicted octanol–water partition coefficient (Wildman–Crippen LogP) is 3.08. The van der Waals surface area contributed by atoms with Crippen molar-refractivity contribution in [1.82, 2.24) is 15.1 Å². The zero-order chi connectivity index (χ0) is 10.8. The van der Waals surface area contributed by atoms with Crippen LogP contribution in [0.5, 0.6) is 0 Å². The number of pyridine rings is 1. The van der Waals surface area contributed by atoms with Gasteiger partial charge in [-0.15, -0.1) is 11.6 Å². The van der Waals surface area contributed by atoms with E-state index in [0.717, 1.165) is 0 Å². The summed E-state index contributed by atoms with van der Waals surface area (Å²) in [5.41, 5.74) is 0.655. The van der Waals surface area contributed by atoms with Crippen LogP contribution in [-0.2, 0) is 0 Å². The second kappa shape index (κ2) is 4.16. The molecule has 2 aromatic heterocycles. The van der Waals surface area contributed by atoms with Crippen LogP contribution >= 0.6 is 23.2 Å². The van der Waals surface area contributed by atoms with Crippen molar-refractivity contribution >= 4 is 23.2 Å². The molecule has 0 N–H and O–H groups in total. The first-order chi connectivity index (χ1) is 7.18. The van der Waals surface area contributed by atoms with Gasteiger partial charge in [-0.3, -0.25) is 4.98 Å². The van der Waals surface area contributed by atoms with Gasteiger partial charge in [-0.05, 0) is 13.0 Å². The first-order valence-electron chi connectivity index (χ1n) is 4.26. The highest BCUT2D eigenvalue weighted by molar-refractivity contribution is 6.33. The van der Waals surface area contributed by atoms with Crippen LogP contribution < -0.4 is 0 Å². The van der Waals surface area contributed by atoms with E-state index in [1.807, 2.05) is 0 Å². The van der Waals surface area contributed by atoms with E-state index in [1.165, 1.54) is 6.20 Å². The molecule has 2 heterocycles. The van der Waals surface area contributed by atoms with E-state index >= 15 is 0 Å². The standard InChI is InChI=1S/C9H7Cl2N3O/c1-5(10)8-13-9(15-14-8)6-2-3-12-4-7(6)11/h2-5H,1H3. The van der Waals surface area contributed by atoms with Gasteiger partial charge in [-0.2, -0.15) is 4.98 Å². The van der Waals surface area contributed by atoms with E-state index in [-0.39, 0.29) is 5.38 Å². The fourth-order valence-corrected chi connectivity index (χ4v) is 1.34. The van der Waals surface area contributed by atoms with E-state index in [0.29, 0.717) is 22.3 Å². The van der Waals surface area contributed by atoms with E-state index in [9.17, 15) is 0 Å².